The third-order valence-corrected chi connectivity index (χ3v) is 4.19. The van der Waals surface area contributed by atoms with Crippen molar-refractivity contribution in [2.24, 2.45) is 22.5 Å². The average molecular weight is 425 g/mol. The molecule has 10 heteroatoms. The summed E-state index contributed by atoms with van der Waals surface area (Å²) in [6.45, 7) is 9.50. The van der Waals surface area contributed by atoms with Gasteiger partial charge in [0.05, 0.1) is 11.9 Å². The zero-order valence-electron chi connectivity index (χ0n) is 17.9. The molecule has 0 radical (unpaired) electrons. The molecule has 0 aliphatic carbocycles. The number of anilines is 4. The number of nitrogens with zero attached hydrogens (tertiary/aromatic N) is 4. The number of hydrogen-bond donors (Lipinski definition) is 4. The normalized spacial score (nSPS) is 11.9. The number of carbonyl (C=O) groups excluding carboxylic acids is 2. The van der Waals surface area contributed by atoms with E-state index in [4.69, 9.17) is 11.5 Å². The Kier molecular flexibility index (Phi) is 8.07. The third-order valence-electron chi connectivity index (χ3n) is 4.19. The molecular weight excluding hydrogens is 396 g/mol. The second-order valence-electron chi connectivity index (χ2n) is 7.12. The Morgan fingerprint density at radius 2 is 1.94 bits per heavy atom. The molecule has 0 spiro atoms. The predicted molar refractivity (Wildman–Crippen MR) is 123 cm³/mol. The molecule has 1 aromatic carbocycles. The Hall–Kier alpha value is -3.95. The Balaban J connectivity index is 2.30. The molecule has 0 unspecified atom stereocenters. The van der Waals surface area contributed by atoms with Gasteiger partial charge in [-0.15, -0.1) is 0 Å². The maximum absolute atomic E-state index is 11.8. The van der Waals surface area contributed by atoms with Gasteiger partial charge < -0.3 is 22.1 Å². The summed E-state index contributed by atoms with van der Waals surface area (Å²) in [5, 5.41) is 11.8. The molecule has 2 amide bonds. The molecule has 31 heavy (non-hydrogen) atoms. The van der Waals surface area contributed by atoms with Crippen LogP contribution in [0.3, 0.4) is 0 Å². The Morgan fingerprint density at radius 3 is 2.45 bits per heavy atom. The SMILES string of the molecule is C=CN(/N=C\C)c1ccc(Nc2nc(N[C@H](CC(C)C)C(N)=O)cnc2C(N)=O)cc1. The van der Waals surface area contributed by atoms with Crippen molar-refractivity contribution >= 4 is 41.0 Å². The van der Waals surface area contributed by atoms with E-state index >= 15 is 0 Å². The van der Waals surface area contributed by atoms with Crippen molar-refractivity contribution in [3.05, 3.63) is 48.9 Å². The molecule has 1 aromatic heterocycles. The van der Waals surface area contributed by atoms with Gasteiger partial charge in [-0.05, 0) is 43.5 Å². The molecule has 1 atom stereocenters. The molecule has 6 N–H and O–H groups in total. The second kappa shape index (κ2) is 10.7. The van der Waals surface area contributed by atoms with Crippen LogP contribution in [-0.2, 0) is 4.79 Å². The summed E-state index contributed by atoms with van der Waals surface area (Å²) in [4.78, 5) is 32.0. The van der Waals surface area contributed by atoms with E-state index in [1.54, 1.807) is 36.5 Å². The predicted octanol–water partition coefficient (Wildman–Crippen LogP) is 2.59. The van der Waals surface area contributed by atoms with E-state index in [0.29, 0.717) is 17.9 Å². The Bertz CT molecular complexity index is 956. The number of benzene rings is 1. The first kappa shape index (κ1) is 23.3. The van der Waals surface area contributed by atoms with Crippen molar-refractivity contribution < 1.29 is 9.59 Å². The minimum atomic E-state index is -0.734. The molecule has 1 heterocycles. The van der Waals surface area contributed by atoms with E-state index in [-0.39, 0.29) is 17.4 Å². The van der Waals surface area contributed by atoms with Crippen LogP contribution in [0.15, 0.2) is 48.3 Å². The Morgan fingerprint density at radius 1 is 1.26 bits per heavy atom. The fourth-order valence-corrected chi connectivity index (χ4v) is 2.80. The van der Waals surface area contributed by atoms with Crippen molar-refractivity contribution in [2.75, 3.05) is 15.6 Å². The number of nitrogens with one attached hydrogen (secondary N) is 2. The number of aromatic nitrogens is 2. The van der Waals surface area contributed by atoms with Crippen LogP contribution in [0.4, 0.5) is 23.0 Å². The van der Waals surface area contributed by atoms with Gasteiger partial charge in [-0.3, -0.25) is 9.59 Å². The number of nitrogens with two attached hydrogens (primary N) is 2. The fraction of sp³-hybridized carbons (Fsp3) is 0.286. The molecule has 10 nitrogen and oxygen atoms in total. The zero-order chi connectivity index (χ0) is 23.0. The number of amides is 2. The van der Waals surface area contributed by atoms with E-state index in [0.717, 1.165) is 5.69 Å². The first-order valence-electron chi connectivity index (χ1n) is 9.75. The number of hydrazone groups is 1. The minimum absolute atomic E-state index is 0.0302. The molecule has 0 aliphatic heterocycles. The van der Waals surface area contributed by atoms with E-state index < -0.39 is 17.9 Å². The Labute approximate surface area is 181 Å². The molecule has 0 bridgehead atoms. The molecule has 0 aliphatic rings. The highest BCUT2D eigenvalue weighted by Crippen LogP contribution is 2.23. The largest absolute Gasteiger partial charge is 0.368 e. The first-order chi connectivity index (χ1) is 14.7. The van der Waals surface area contributed by atoms with Crippen LogP contribution in [0.25, 0.3) is 0 Å². The van der Waals surface area contributed by atoms with Crippen LogP contribution in [0, 0.1) is 5.92 Å². The van der Waals surface area contributed by atoms with Gasteiger partial charge >= 0.3 is 0 Å². The summed E-state index contributed by atoms with van der Waals surface area (Å²) in [6, 6.07) is 6.60. The van der Waals surface area contributed by atoms with Crippen molar-refractivity contribution in [3.8, 4) is 0 Å². The lowest BCUT2D eigenvalue weighted by Crippen LogP contribution is -2.37. The van der Waals surface area contributed by atoms with E-state index in [2.05, 4.69) is 32.3 Å². The summed E-state index contributed by atoms with van der Waals surface area (Å²) in [6.07, 6.45) is 5.11. The number of rotatable bonds is 11. The van der Waals surface area contributed by atoms with Gasteiger partial charge in [0.15, 0.2) is 11.5 Å². The van der Waals surface area contributed by atoms with E-state index in [1.165, 1.54) is 6.20 Å². The fourth-order valence-electron chi connectivity index (χ4n) is 2.80. The van der Waals surface area contributed by atoms with Gasteiger partial charge in [0.25, 0.3) is 5.91 Å². The molecule has 0 saturated carbocycles. The highest BCUT2D eigenvalue weighted by Gasteiger charge is 2.19. The lowest BCUT2D eigenvalue weighted by molar-refractivity contribution is -0.119. The van der Waals surface area contributed by atoms with Gasteiger partial charge in [-0.25, -0.2) is 15.0 Å². The maximum Gasteiger partial charge on any atom is 0.271 e. The average Bonchev–Trinajstić information content (AvgIpc) is 2.72. The number of carbonyl (C=O) groups is 2. The van der Waals surface area contributed by atoms with Crippen molar-refractivity contribution in [2.45, 2.75) is 33.2 Å². The van der Waals surface area contributed by atoms with Gasteiger partial charge in [-0.1, -0.05) is 20.4 Å². The summed E-state index contributed by atoms with van der Waals surface area (Å²) < 4.78 is 0. The van der Waals surface area contributed by atoms with Gasteiger partial charge in [0.1, 0.15) is 11.9 Å². The molecular formula is C21H28N8O2. The van der Waals surface area contributed by atoms with Crippen LogP contribution in [0.5, 0.6) is 0 Å². The lowest BCUT2D eigenvalue weighted by Gasteiger charge is -2.19. The molecule has 2 rings (SSSR count). The number of hydrogen-bond acceptors (Lipinski definition) is 8. The van der Waals surface area contributed by atoms with Gasteiger partial charge in [-0.2, -0.15) is 5.10 Å². The van der Waals surface area contributed by atoms with Crippen molar-refractivity contribution in [1.29, 1.82) is 0 Å². The smallest absolute Gasteiger partial charge is 0.271 e. The highest BCUT2D eigenvalue weighted by atomic mass is 16.1. The monoisotopic (exact) mass is 424 g/mol. The minimum Gasteiger partial charge on any atom is -0.368 e. The van der Waals surface area contributed by atoms with Crippen LogP contribution < -0.4 is 27.1 Å². The summed E-state index contributed by atoms with van der Waals surface area (Å²) >= 11 is 0. The van der Waals surface area contributed by atoms with Gasteiger partial charge in [0.2, 0.25) is 5.91 Å². The topological polar surface area (TPSA) is 152 Å². The number of primary amides is 2. The van der Waals surface area contributed by atoms with Crippen molar-refractivity contribution in [3.63, 3.8) is 0 Å². The van der Waals surface area contributed by atoms with E-state index in [9.17, 15) is 9.59 Å². The molecule has 164 valence electrons. The standard InChI is InChI=1S/C21H28N8O2/c1-5-25-29(6-2)15-9-7-14(8-10-15)26-21-18(20(23)31)24-12-17(28-21)27-16(19(22)30)11-13(3)4/h5-10,12-13,16H,2,11H2,1,3-4H3,(H2,22,30)(H2,23,31)(H2,26,27,28)/b25-5-/t16-/m1/s1. The van der Waals surface area contributed by atoms with Crippen LogP contribution in [0.2, 0.25) is 0 Å². The zero-order valence-corrected chi connectivity index (χ0v) is 17.9. The summed E-state index contributed by atoms with van der Waals surface area (Å²) in [7, 11) is 0. The van der Waals surface area contributed by atoms with Gasteiger partial charge in [0, 0.05) is 18.1 Å². The second-order valence-corrected chi connectivity index (χ2v) is 7.12. The first-order valence-corrected chi connectivity index (χ1v) is 9.75. The summed E-state index contributed by atoms with van der Waals surface area (Å²) in [5.41, 5.74) is 12.3. The molecule has 0 saturated heterocycles. The quantitative estimate of drug-likeness (QED) is 0.319. The van der Waals surface area contributed by atoms with Crippen LogP contribution in [0.1, 0.15) is 37.7 Å². The molecule has 2 aromatic rings. The van der Waals surface area contributed by atoms with Crippen LogP contribution >= 0.6 is 0 Å². The third kappa shape index (κ3) is 6.53. The lowest BCUT2D eigenvalue weighted by atomic mass is 10.0. The highest BCUT2D eigenvalue weighted by molar-refractivity contribution is 5.96. The maximum atomic E-state index is 11.8. The molecule has 0 fully saturated rings. The summed E-state index contributed by atoms with van der Waals surface area (Å²) in [5.74, 6) is -0.539. The van der Waals surface area contributed by atoms with E-state index in [1.807, 2.05) is 26.0 Å². The van der Waals surface area contributed by atoms with Crippen LogP contribution in [-0.4, -0.2) is 34.0 Å². The van der Waals surface area contributed by atoms with Crippen molar-refractivity contribution in [1.82, 2.24) is 9.97 Å².